The van der Waals surface area contributed by atoms with Crippen molar-refractivity contribution < 1.29 is 14.3 Å². The lowest BCUT2D eigenvalue weighted by Gasteiger charge is -2.43. The van der Waals surface area contributed by atoms with E-state index in [-0.39, 0.29) is 6.54 Å². The molecule has 0 saturated carbocycles. The third-order valence-corrected chi connectivity index (χ3v) is 7.47. The van der Waals surface area contributed by atoms with E-state index in [0.29, 0.717) is 12.2 Å². The number of thiol groups is 1. The van der Waals surface area contributed by atoms with Gasteiger partial charge in [0.1, 0.15) is 17.7 Å². The maximum atomic E-state index is 12.2. The van der Waals surface area contributed by atoms with Gasteiger partial charge in [0.2, 0.25) is 0 Å². The lowest BCUT2D eigenvalue weighted by atomic mass is 10.2. The normalized spacial score (nSPS) is 20.2. The van der Waals surface area contributed by atoms with Gasteiger partial charge in [-0.05, 0) is 36.5 Å². The van der Waals surface area contributed by atoms with Gasteiger partial charge in [0.25, 0.3) is 5.24 Å². The molecule has 2 aromatic rings. The molecule has 0 radical (unpaired) electrons. The van der Waals surface area contributed by atoms with E-state index in [0.717, 1.165) is 69.1 Å². The summed E-state index contributed by atoms with van der Waals surface area (Å²) < 4.78 is 5.31. The zero-order chi connectivity index (χ0) is 25.8. The molecular weight excluding hydrogens is 512 g/mol. The quantitative estimate of drug-likeness (QED) is 0.429. The zero-order valence-corrected chi connectivity index (χ0v) is 22.1. The minimum absolute atomic E-state index is 0.224. The number of carbonyl (C=O) groups excluding carboxylic acids is 2. The minimum atomic E-state index is -0.454. The molecule has 11 nitrogen and oxygen atoms in total. The number of nitrogens with one attached hydrogen (secondary N) is 1. The van der Waals surface area contributed by atoms with Crippen molar-refractivity contribution in [1.29, 1.82) is 0 Å². The molecule has 5 heterocycles. The van der Waals surface area contributed by atoms with Gasteiger partial charge in [0.15, 0.2) is 5.11 Å². The third-order valence-electron chi connectivity index (χ3n) is 6.80. The Morgan fingerprint density at radius 2 is 1.62 bits per heavy atom. The summed E-state index contributed by atoms with van der Waals surface area (Å²) in [7, 11) is 0. The fraction of sp³-hybridized carbons (Fsp3) is 0.458. The second-order valence-corrected chi connectivity index (χ2v) is 9.87. The van der Waals surface area contributed by atoms with Crippen molar-refractivity contribution in [3.63, 3.8) is 0 Å². The Morgan fingerprint density at radius 1 is 0.973 bits per heavy atom. The van der Waals surface area contributed by atoms with Crippen molar-refractivity contribution in [3.05, 3.63) is 42.7 Å². The van der Waals surface area contributed by atoms with Crippen LogP contribution in [0.4, 0.5) is 26.9 Å². The molecular formula is C24H30N8O3S2. The largest absolute Gasteiger partial charge is 0.442 e. The molecule has 5 rings (SSSR count). The molecule has 3 aliphatic heterocycles. The third kappa shape index (κ3) is 5.99. The zero-order valence-electron chi connectivity index (χ0n) is 20.4. The molecule has 196 valence electrons. The molecule has 0 aromatic carbocycles. The molecule has 0 unspecified atom stereocenters. The predicted molar refractivity (Wildman–Crippen MR) is 149 cm³/mol. The number of nitrogens with zero attached hydrogens (tertiary/aromatic N) is 7. The maximum absolute atomic E-state index is 12.2. The summed E-state index contributed by atoms with van der Waals surface area (Å²) in [6.07, 6.45) is 2.65. The molecule has 0 spiro atoms. The Morgan fingerprint density at radius 3 is 2.16 bits per heavy atom. The van der Waals surface area contributed by atoms with Gasteiger partial charge in [-0.1, -0.05) is 18.7 Å². The fourth-order valence-corrected chi connectivity index (χ4v) is 5.22. The van der Waals surface area contributed by atoms with Gasteiger partial charge in [-0.15, -0.1) is 0 Å². The number of ether oxygens (including phenoxy) is 1. The fourth-order valence-electron chi connectivity index (χ4n) is 4.76. The van der Waals surface area contributed by atoms with E-state index in [9.17, 15) is 9.59 Å². The van der Waals surface area contributed by atoms with Crippen LogP contribution in [-0.4, -0.2) is 108 Å². The van der Waals surface area contributed by atoms with Crippen LogP contribution in [0.25, 0.3) is 0 Å². The van der Waals surface area contributed by atoms with Crippen LogP contribution in [0.2, 0.25) is 0 Å². The Hall–Kier alpha value is -3.32. The van der Waals surface area contributed by atoms with Crippen molar-refractivity contribution in [2.75, 3.05) is 80.1 Å². The smallest absolute Gasteiger partial charge is 0.414 e. The molecule has 3 saturated heterocycles. The molecule has 3 aliphatic rings. The Labute approximate surface area is 226 Å². The number of hydrogen-bond acceptors (Lipinski definition) is 8. The number of hydrogen-bond donors (Lipinski definition) is 2. The van der Waals surface area contributed by atoms with Crippen LogP contribution in [0, 0.1) is 0 Å². The Balaban J connectivity index is 1.09. The first-order valence-corrected chi connectivity index (χ1v) is 13.2. The van der Waals surface area contributed by atoms with E-state index < -0.39 is 17.4 Å². The summed E-state index contributed by atoms with van der Waals surface area (Å²) >= 11 is 9.51. The van der Waals surface area contributed by atoms with Gasteiger partial charge in [-0.3, -0.25) is 9.69 Å². The number of piperazine rings is 2. The SMILES string of the molecule is O=C(S)NC[C@H]1CN(c2ccc(N3CCN(C(=S)N4CCN(c5ccccn5)CC4)CC3)nc2)C(=O)O1. The lowest BCUT2D eigenvalue weighted by Crippen LogP contribution is -2.57. The number of cyclic esters (lactones) is 1. The van der Waals surface area contributed by atoms with E-state index in [1.165, 1.54) is 4.90 Å². The minimum Gasteiger partial charge on any atom is -0.442 e. The monoisotopic (exact) mass is 542 g/mol. The first-order chi connectivity index (χ1) is 18.0. The number of rotatable bonds is 5. The standard InChI is InChI=1S/C24H30N8O3S2/c33-22(36)27-16-19-17-32(24(34)35-19)18-4-5-21(26-15-18)29-9-13-31(14-10-29)23(37)30-11-7-28(8-12-30)20-3-1-2-6-25-20/h1-6,15,19H,7-14,16-17H2,(H2,27,33,36)/t19-/m0/s1. The van der Waals surface area contributed by atoms with Crippen LogP contribution in [0.3, 0.4) is 0 Å². The molecule has 0 bridgehead atoms. The van der Waals surface area contributed by atoms with Crippen LogP contribution in [-0.2, 0) is 4.74 Å². The van der Waals surface area contributed by atoms with Gasteiger partial charge in [0, 0.05) is 58.6 Å². The molecule has 1 N–H and O–H groups in total. The lowest BCUT2D eigenvalue weighted by molar-refractivity contribution is 0.141. The Bertz CT molecular complexity index is 1110. The molecule has 2 aromatic heterocycles. The highest BCUT2D eigenvalue weighted by Crippen LogP contribution is 2.24. The average molecular weight is 543 g/mol. The summed E-state index contributed by atoms with van der Waals surface area (Å²) in [5.41, 5.74) is 0.665. The summed E-state index contributed by atoms with van der Waals surface area (Å²) in [6, 6.07) is 9.81. The van der Waals surface area contributed by atoms with E-state index in [2.05, 4.69) is 47.5 Å². The molecule has 37 heavy (non-hydrogen) atoms. The van der Waals surface area contributed by atoms with Crippen molar-refractivity contribution in [3.8, 4) is 0 Å². The van der Waals surface area contributed by atoms with Gasteiger partial charge in [-0.2, -0.15) is 0 Å². The first-order valence-electron chi connectivity index (χ1n) is 12.3. The molecule has 0 aliphatic carbocycles. The Kier molecular flexibility index (Phi) is 7.79. The molecule has 2 amide bonds. The summed E-state index contributed by atoms with van der Waals surface area (Å²) in [6.45, 7) is 7.46. The molecule has 13 heteroatoms. The number of carbonyl (C=O) groups is 2. The van der Waals surface area contributed by atoms with Gasteiger partial charge >= 0.3 is 6.09 Å². The van der Waals surface area contributed by atoms with Crippen LogP contribution < -0.4 is 20.0 Å². The van der Waals surface area contributed by atoms with Gasteiger partial charge < -0.3 is 29.7 Å². The number of aromatic nitrogens is 2. The van der Waals surface area contributed by atoms with E-state index in [4.69, 9.17) is 17.0 Å². The van der Waals surface area contributed by atoms with E-state index in [1.54, 1.807) is 6.20 Å². The van der Waals surface area contributed by atoms with Crippen LogP contribution in [0.1, 0.15) is 0 Å². The number of anilines is 3. The van der Waals surface area contributed by atoms with Crippen molar-refractivity contribution >= 4 is 58.6 Å². The van der Waals surface area contributed by atoms with Gasteiger partial charge in [-0.25, -0.2) is 14.8 Å². The van der Waals surface area contributed by atoms with Crippen LogP contribution in [0.5, 0.6) is 0 Å². The molecule has 3 fully saturated rings. The number of amides is 2. The highest BCUT2D eigenvalue weighted by Gasteiger charge is 2.33. The second kappa shape index (κ2) is 11.4. The summed E-state index contributed by atoms with van der Waals surface area (Å²) in [5.74, 6) is 1.88. The summed E-state index contributed by atoms with van der Waals surface area (Å²) in [4.78, 5) is 42.9. The summed E-state index contributed by atoms with van der Waals surface area (Å²) in [5, 5.41) is 3.01. The van der Waals surface area contributed by atoms with Crippen LogP contribution >= 0.6 is 24.8 Å². The predicted octanol–water partition coefficient (Wildman–Crippen LogP) is 1.67. The van der Waals surface area contributed by atoms with Crippen LogP contribution in [0.15, 0.2) is 42.7 Å². The molecule has 1 atom stereocenters. The van der Waals surface area contributed by atoms with E-state index >= 15 is 0 Å². The average Bonchev–Trinajstić information content (AvgIpc) is 3.32. The van der Waals surface area contributed by atoms with E-state index in [1.807, 2.05) is 36.5 Å². The highest BCUT2D eigenvalue weighted by molar-refractivity contribution is 7.96. The number of pyridine rings is 2. The van der Waals surface area contributed by atoms with Crippen molar-refractivity contribution in [2.24, 2.45) is 0 Å². The second-order valence-electron chi connectivity index (χ2n) is 9.10. The van der Waals surface area contributed by atoms with Crippen molar-refractivity contribution in [2.45, 2.75) is 6.10 Å². The number of thiocarbonyl (C=S) groups is 1. The maximum Gasteiger partial charge on any atom is 0.414 e. The first kappa shape index (κ1) is 25.3. The van der Waals surface area contributed by atoms with Gasteiger partial charge in [0.05, 0.1) is 25.0 Å². The van der Waals surface area contributed by atoms with Crippen molar-refractivity contribution in [1.82, 2.24) is 25.1 Å². The topological polar surface area (TPSA) is 97.4 Å². The highest BCUT2D eigenvalue weighted by atomic mass is 32.1.